The number of aromatic nitrogens is 3. The van der Waals surface area contributed by atoms with Crippen molar-refractivity contribution in [1.82, 2.24) is 14.8 Å². The van der Waals surface area contributed by atoms with Crippen LogP contribution in [0.25, 0.3) is 22.2 Å². The first kappa shape index (κ1) is 13.5. The zero-order chi connectivity index (χ0) is 15.4. The summed E-state index contributed by atoms with van der Waals surface area (Å²) in [5.74, 6) is 0. The quantitative estimate of drug-likeness (QED) is 0.722. The summed E-state index contributed by atoms with van der Waals surface area (Å²) in [5, 5.41) is 7.10. The van der Waals surface area contributed by atoms with Gasteiger partial charge in [-0.15, -0.1) is 0 Å². The number of anilines is 1. The molecule has 0 atom stereocenters. The van der Waals surface area contributed by atoms with Crippen molar-refractivity contribution in [2.75, 3.05) is 5.73 Å². The number of H-pyrrole nitrogens is 1. The van der Waals surface area contributed by atoms with Crippen LogP contribution in [0.4, 0.5) is 18.9 Å². The van der Waals surface area contributed by atoms with Crippen molar-refractivity contribution in [3.8, 4) is 11.3 Å². The van der Waals surface area contributed by atoms with Crippen LogP contribution in [0, 0.1) is 6.92 Å². The van der Waals surface area contributed by atoms with E-state index in [9.17, 15) is 13.2 Å². The number of aryl methyl sites for hydroxylation is 1. The predicted molar refractivity (Wildman–Crippen MR) is 74.7 cm³/mol. The summed E-state index contributed by atoms with van der Waals surface area (Å²) in [6.45, 7) is 1.76. The molecule has 1 aromatic carbocycles. The highest BCUT2D eigenvalue weighted by molar-refractivity contribution is 6.01. The second-order valence-electron chi connectivity index (χ2n) is 4.92. The van der Waals surface area contributed by atoms with Gasteiger partial charge in [0.25, 0.3) is 0 Å². The van der Waals surface area contributed by atoms with Crippen molar-refractivity contribution >= 4 is 16.6 Å². The summed E-state index contributed by atoms with van der Waals surface area (Å²) < 4.78 is 41.1. The van der Waals surface area contributed by atoms with Crippen LogP contribution in [0.1, 0.15) is 11.3 Å². The van der Waals surface area contributed by atoms with Gasteiger partial charge in [0.1, 0.15) is 0 Å². The smallest absolute Gasteiger partial charge is 0.396 e. The van der Waals surface area contributed by atoms with Crippen LogP contribution in [-0.4, -0.2) is 14.8 Å². The number of nitrogens with zero attached hydrogens (tertiary/aromatic N) is 2. The highest BCUT2D eigenvalue weighted by atomic mass is 19.4. The Labute approximate surface area is 118 Å². The summed E-state index contributed by atoms with van der Waals surface area (Å²) in [4.78, 5) is 0. The molecule has 0 spiro atoms. The normalized spacial score (nSPS) is 12.2. The lowest BCUT2D eigenvalue weighted by molar-refractivity contribution is -0.136. The van der Waals surface area contributed by atoms with Gasteiger partial charge in [-0.25, -0.2) is 0 Å². The third kappa shape index (κ3) is 1.88. The van der Waals surface area contributed by atoms with Gasteiger partial charge in [-0.1, -0.05) is 12.1 Å². The Hall–Kier alpha value is -2.44. The number of rotatable bonds is 1. The van der Waals surface area contributed by atoms with E-state index in [-0.39, 0.29) is 5.52 Å². The van der Waals surface area contributed by atoms with Gasteiger partial charge in [0, 0.05) is 23.7 Å². The van der Waals surface area contributed by atoms with Crippen LogP contribution in [-0.2, 0) is 13.2 Å². The first-order valence-electron chi connectivity index (χ1n) is 6.26. The Balaban J connectivity index is 2.45. The van der Waals surface area contributed by atoms with Crippen LogP contribution >= 0.6 is 0 Å². The lowest BCUT2D eigenvalue weighted by Crippen LogP contribution is -2.07. The van der Waals surface area contributed by atoms with Crippen LogP contribution in [0.3, 0.4) is 0 Å². The lowest BCUT2D eigenvalue weighted by atomic mass is 10.0. The molecule has 3 rings (SSSR count). The lowest BCUT2D eigenvalue weighted by Gasteiger charge is -2.10. The number of nitrogens with two attached hydrogens (primary N) is 1. The highest BCUT2D eigenvalue weighted by Gasteiger charge is 2.34. The number of alkyl halides is 3. The van der Waals surface area contributed by atoms with E-state index in [1.807, 2.05) is 0 Å². The molecule has 7 heteroatoms. The minimum Gasteiger partial charge on any atom is -0.396 e. The molecule has 0 unspecified atom stereocenters. The largest absolute Gasteiger partial charge is 0.418 e. The summed E-state index contributed by atoms with van der Waals surface area (Å²) >= 11 is 0. The molecule has 0 aliphatic heterocycles. The molecule has 110 valence electrons. The third-order valence-corrected chi connectivity index (χ3v) is 3.73. The van der Waals surface area contributed by atoms with Gasteiger partial charge in [0.2, 0.25) is 0 Å². The van der Waals surface area contributed by atoms with Crippen LogP contribution in [0.5, 0.6) is 0 Å². The Morgan fingerprint density at radius 3 is 2.57 bits per heavy atom. The average Bonchev–Trinajstić information content (AvgIpc) is 2.92. The SMILES string of the molecule is Cc1c(-c2[nH]ncc2N)c2cccc(C(F)(F)F)c2n1C. The Bertz CT molecular complexity index is 827. The molecule has 0 aliphatic rings. The summed E-state index contributed by atoms with van der Waals surface area (Å²) in [6, 6.07) is 4.15. The van der Waals surface area contributed by atoms with Gasteiger partial charge in [-0.05, 0) is 13.0 Å². The summed E-state index contributed by atoms with van der Waals surface area (Å²) in [5.41, 5.74) is 7.61. The highest BCUT2D eigenvalue weighted by Crippen LogP contribution is 2.41. The van der Waals surface area contributed by atoms with Crippen molar-refractivity contribution in [1.29, 1.82) is 0 Å². The molecule has 2 heterocycles. The maximum atomic E-state index is 13.2. The van der Waals surface area contributed by atoms with Crippen LogP contribution in [0.15, 0.2) is 24.4 Å². The minimum atomic E-state index is -4.41. The zero-order valence-electron chi connectivity index (χ0n) is 11.4. The van der Waals surface area contributed by atoms with Crippen molar-refractivity contribution < 1.29 is 13.2 Å². The molecule has 0 amide bonds. The average molecular weight is 294 g/mol. The van der Waals surface area contributed by atoms with Crippen LogP contribution < -0.4 is 5.73 Å². The van der Waals surface area contributed by atoms with Gasteiger partial charge in [-0.3, -0.25) is 5.10 Å². The van der Waals surface area contributed by atoms with Gasteiger partial charge >= 0.3 is 6.18 Å². The number of fused-ring (bicyclic) bond motifs is 1. The van der Waals surface area contributed by atoms with E-state index in [2.05, 4.69) is 10.2 Å². The molecule has 0 aliphatic carbocycles. The van der Waals surface area contributed by atoms with E-state index in [4.69, 9.17) is 5.73 Å². The molecular formula is C14H13F3N4. The van der Waals surface area contributed by atoms with E-state index >= 15 is 0 Å². The van der Waals surface area contributed by atoms with Gasteiger partial charge in [0.05, 0.1) is 28.7 Å². The van der Waals surface area contributed by atoms with E-state index in [0.29, 0.717) is 28.0 Å². The maximum absolute atomic E-state index is 13.2. The molecule has 3 N–H and O–H groups in total. The second kappa shape index (κ2) is 4.28. The number of aromatic amines is 1. The number of halogens is 3. The fourth-order valence-corrected chi connectivity index (χ4v) is 2.68. The molecule has 0 saturated heterocycles. The van der Waals surface area contributed by atoms with Crippen molar-refractivity contribution in [3.63, 3.8) is 0 Å². The molecule has 0 saturated carbocycles. The number of hydrogen-bond donors (Lipinski definition) is 2. The van der Waals surface area contributed by atoms with Gasteiger partial charge in [0.15, 0.2) is 0 Å². The number of para-hydroxylation sites is 1. The van der Waals surface area contributed by atoms with E-state index in [0.717, 1.165) is 6.07 Å². The second-order valence-corrected chi connectivity index (χ2v) is 4.92. The molecule has 0 fully saturated rings. The summed E-state index contributed by atoms with van der Waals surface area (Å²) in [6.07, 6.45) is -2.96. The van der Waals surface area contributed by atoms with Crippen LogP contribution in [0.2, 0.25) is 0 Å². The van der Waals surface area contributed by atoms with Crippen molar-refractivity contribution in [2.24, 2.45) is 7.05 Å². The van der Waals surface area contributed by atoms with Crippen molar-refractivity contribution in [2.45, 2.75) is 13.1 Å². The van der Waals surface area contributed by atoms with Gasteiger partial charge < -0.3 is 10.3 Å². The fraction of sp³-hybridized carbons (Fsp3) is 0.214. The van der Waals surface area contributed by atoms with Gasteiger partial charge in [-0.2, -0.15) is 18.3 Å². The summed E-state index contributed by atoms with van der Waals surface area (Å²) in [7, 11) is 1.61. The van der Waals surface area contributed by atoms with Crippen molar-refractivity contribution in [3.05, 3.63) is 35.7 Å². The zero-order valence-corrected chi connectivity index (χ0v) is 11.4. The molecule has 21 heavy (non-hydrogen) atoms. The first-order valence-corrected chi connectivity index (χ1v) is 6.26. The first-order chi connectivity index (χ1) is 9.82. The fourth-order valence-electron chi connectivity index (χ4n) is 2.68. The standard InChI is InChI=1S/C14H13F3N4/c1-7-11(12-10(18)6-19-20-12)8-4-3-5-9(14(15,16)17)13(8)21(7)2/h3-6H,18H2,1-2H3,(H,19,20). The number of nitrogens with one attached hydrogen (secondary N) is 1. The number of benzene rings is 1. The number of nitrogen functional groups attached to an aromatic ring is 1. The minimum absolute atomic E-state index is 0.145. The molecule has 4 nitrogen and oxygen atoms in total. The molecule has 2 aromatic heterocycles. The van der Waals surface area contributed by atoms with E-state index in [1.165, 1.54) is 16.8 Å². The topological polar surface area (TPSA) is 59.6 Å². The van der Waals surface area contributed by atoms with E-state index < -0.39 is 11.7 Å². The molecule has 0 radical (unpaired) electrons. The predicted octanol–water partition coefficient (Wildman–Crippen LogP) is 3.48. The maximum Gasteiger partial charge on any atom is 0.418 e. The molecule has 3 aromatic rings. The molecule has 0 bridgehead atoms. The Morgan fingerprint density at radius 2 is 2.00 bits per heavy atom. The Morgan fingerprint density at radius 1 is 1.29 bits per heavy atom. The number of hydrogen-bond acceptors (Lipinski definition) is 2. The monoisotopic (exact) mass is 294 g/mol. The molecular weight excluding hydrogens is 281 g/mol. The Kier molecular flexibility index (Phi) is 2.76. The van der Waals surface area contributed by atoms with E-state index in [1.54, 1.807) is 20.0 Å². The third-order valence-electron chi connectivity index (χ3n) is 3.73.